The van der Waals surface area contributed by atoms with Crippen molar-refractivity contribution in [2.45, 2.75) is 20.5 Å². The van der Waals surface area contributed by atoms with Crippen LogP contribution < -0.4 is 19.7 Å². The lowest BCUT2D eigenvalue weighted by molar-refractivity contribution is -0.122. The molecule has 0 atom stereocenters. The average molecular weight is 575 g/mol. The molecular formula is C31H24Cl2N2O5. The van der Waals surface area contributed by atoms with Gasteiger partial charge < -0.3 is 9.47 Å². The van der Waals surface area contributed by atoms with E-state index in [2.05, 4.69) is 5.32 Å². The lowest BCUT2D eigenvalue weighted by Gasteiger charge is -2.27. The molecule has 0 bridgehead atoms. The van der Waals surface area contributed by atoms with Crippen molar-refractivity contribution in [2.24, 2.45) is 0 Å². The quantitative estimate of drug-likeness (QED) is 0.188. The number of benzene rings is 4. The number of fused-ring (bicyclic) bond motifs is 1. The Morgan fingerprint density at radius 3 is 2.45 bits per heavy atom. The van der Waals surface area contributed by atoms with Crippen molar-refractivity contribution in [3.8, 4) is 11.5 Å². The molecule has 0 spiro atoms. The van der Waals surface area contributed by atoms with E-state index in [9.17, 15) is 14.4 Å². The Morgan fingerprint density at radius 2 is 1.65 bits per heavy atom. The molecule has 40 heavy (non-hydrogen) atoms. The van der Waals surface area contributed by atoms with Crippen molar-refractivity contribution >= 4 is 63.6 Å². The van der Waals surface area contributed by atoms with Gasteiger partial charge in [-0.25, -0.2) is 9.69 Å². The van der Waals surface area contributed by atoms with E-state index >= 15 is 0 Å². The van der Waals surface area contributed by atoms with Crippen molar-refractivity contribution in [1.82, 2.24) is 5.32 Å². The molecule has 4 aromatic carbocycles. The second-order valence-electron chi connectivity index (χ2n) is 9.03. The zero-order chi connectivity index (χ0) is 28.4. The van der Waals surface area contributed by atoms with Crippen LogP contribution in [0.1, 0.15) is 23.6 Å². The number of barbiturate groups is 1. The number of rotatable bonds is 7. The third kappa shape index (κ3) is 5.26. The smallest absolute Gasteiger partial charge is 0.335 e. The Labute approximate surface area is 240 Å². The molecule has 0 aromatic heterocycles. The van der Waals surface area contributed by atoms with Gasteiger partial charge in [0, 0.05) is 5.02 Å². The van der Waals surface area contributed by atoms with Gasteiger partial charge in [-0.3, -0.25) is 14.9 Å². The number of hydrogen-bond donors (Lipinski definition) is 1. The molecule has 1 fully saturated rings. The molecule has 4 aromatic rings. The maximum Gasteiger partial charge on any atom is 0.335 e. The van der Waals surface area contributed by atoms with Crippen molar-refractivity contribution < 1.29 is 23.9 Å². The van der Waals surface area contributed by atoms with Crippen LogP contribution in [-0.4, -0.2) is 24.5 Å². The van der Waals surface area contributed by atoms with E-state index in [4.69, 9.17) is 32.7 Å². The summed E-state index contributed by atoms with van der Waals surface area (Å²) in [4.78, 5) is 39.6. The molecule has 9 heteroatoms. The highest BCUT2D eigenvalue weighted by molar-refractivity contribution is 6.40. The summed E-state index contributed by atoms with van der Waals surface area (Å²) in [5.41, 5.74) is 1.95. The van der Waals surface area contributed by atoms with Crippen LogP contribution in [-0.2, 0) is 16.2 Å². The van der Waals surface area contributed by atoms with Crippen LogP contribution in [0.3, 0.4) is 0 Å². The van der Waals surface area contributed by atoms with E-state index in [1.165, 1.54) is 6.08 Å². The van der Waals surface area contributed by atoms with Gasteiger partial charge in [0.25, 0.3) is 11.8 Å². The number of nitrogens with zero attached hydrogens (tertiary/aromatic N) is 1. The van der Waals surface area contributed by atoms with Gasteiger partial charge in [0.05, 0.1) is 17.3 Å². The van der Waals surface area contributed by atoms with Gasteiger partial charge in [0.15, 0.2) is 11.5 Å². The lowest BCUT2D eigenvalue weighted by atomic mass is 10.0. The lowest BCUT2D eigenvalue weighted by Crippen LogP contribution is -2.54. The predicted molar refractivity (Wildman–Crippen MR) is 156 cm³/mol. The van der Waals surface area contributed by atoms with Gasteiger partial charge in [-0.15, -0.1) is 0 Å². The van der Waals surface area contributed by atoms with Gasteiger partial charge in [-0.1, -0.05) is 71.7 Å². The van der Waals surface area contributed by atoms with Crippen LogP contribution in [0, 0.1) is 6.92 Å². The van der Waals surface area contributed by atoms with Crippen molar-refractivity contribution in [2.75, 3.05) is 11.5 Å². The Kier molecular flexibility index (Phi) is 7.78. The first-order valence-corrected chi connectivity index (χ1v) is 13.3. The SMILES string of the molecule is CCOc1cc(/C=C2\C(=O)NC(=O)N(c3cccc(Cl)c3C)C2=O)cc(Cl)c1OCc1cccc2ccccc12. The first-order valence-electron chi connectivity index (χ1n) is 12.5. The van der Waals surface area contributed by atoms with E-state index in [1.807, 2.05) is 49.4 Å². The zero-order valence-electron chi connectivity index (χ0n) is 21.7. The van der Waals surface area contributed by atoms with E-state index in [-0.39, 0.29) is 22.9 Å². The largest absolute Gasteiger partial charge is 0.490 e. The number of imide groups is 2. The minimum atomic E-state index is -0.859. The Balaban J connectivity index is 1.48. The number of carbonyl (C=O) groups excluding carboxylic acids is 3. The Hall–Kier alpha value is -4.33. The summed E-state index contributed by atoms with van der Waals surface area (Å²) in [7, 11) is 0. The van der Waals surface area contributed by atoms with Crippen molar-refractivity contribution in [3.05, 3.63) is 105 Å². The molecule has 0 saturated carbocycles. The number of hydrogen-bond acceptors (Lipinski definition) is 5. The van der Waals surface area contributed by atoms with Crippen LogP contribution in [0.15, 0.2) is 78.4 Å². The normalized spacial score (nSPS) is 14.6. The highest BCUT2D eigenvalue weighted by atomic mass is 35.5. The summed E-state index contributed by atoms with van der Waals surface area (Å²) in [5.74, 6) is -0.922. The van der Waals surface area contributed by atoms with Crippen molar-refractivity contribution in [1.29, 1.82) is 0 Å². The average Bonchev–Trinajstić information content (AvgIpc) is 2.93. The molecule has 1 saturated heterocycles. The van der Waals surface area contributed by atoms with Gasteiger partial charge in [0.2, 0.25) is 0 Å². The number of anilines is 1. The van der Waals surface area contributed by atoms with Crippen LogP contribution in [0.25, 0.3) is 16.8 Å². The molecule has 1 heterocycles. The van der Waals surface area contributed by atoms with Gasteiger partial charge >= 0.3 is 6.03 Å². The molecular weight excluding hydrogens is 551 g/mol. The van der Waals surface area contributed by atoms with E-state index in [0.717, 1.165) is 21.2 Å². The molecule has 202 valence electrons. The fraction of sp³-hybridized carbons (Fsp3) is 0.129. The second-order valence-corrected chi connectivity index (χ2v) is 9.85. The summed E-state index contributed by atoms with van der Waals surface area (Å²) in [5, 5.41) is 5.00. The molecule has 0 unspecified atom stereocenters. The number of urea groups is 1. The zero-order valence-corrected chi connectivity index (χ0v) is 23.2. The topological polar surface area (TPSA) is 84.9 Å². The second kappa shape index (κ2) is 11.4. The summed E-state index contributed by atoms with van der Waals surface area (Å²) in [6.45, 7) is 4.08. The third-order valence-electron chi connectivity index (χ3n) is 6.48. The monoisotopic (exact) mass is 574 g/mol. The summed E-state index contributed by atoms with van der Waals surface area (Å²) < 4.78 is 11.9. The first kappa shape index (κ1) is 27.2. The number of nitrogens with one attached hydrogen (secondary N) is 1. The molecule has 1 aliphatic heterocycles. The molecule has 7 nitrogen and oxygen atoms in total. The number of amides is 4. The van der Waals surface area contributed by atoms with Crippen LogP contribution >= 0.6 is 23.2 Å². The summed E-state index contributed by atoms with van der Waals surface area (Å²) >= 11 is 12.8. The maximum absolute atomic E-state index is 13.4. The molecule has 0 radical (unpaired) electrons. The summed E-state index contributed by atoms with van der Waals surface area (Å²) in [6.07, 6.45) is 1.36. The van der Waals surface area contributed by atoms with E-state index in [1.54, 1.807) is 37.3 Å². The molecule has 1 N–H and O–H groups in total. The summed E-state index contributed by atoms with van der Waals surface area (Å²) in [6, 6.07) is 21.2. The third-order valence-corrected chi connectivity index (χ3v) is 7.17. The standard InChI is InChI=1S/C31H24Cl2N2O5/c1-3-39-27-16-19(15-25(33)28(27)40-17-21-10-6-9-20-8-4-5-11-22(20)21)14-23-29(36)34-31(38)35(30(23)37)26-13-7-12-24(32)18(26)2/h4-16H,3,17H2,1-2H3,(H,34,36,38)/b23-14+. The van der Waals surface area contributed by atoms with Gasteiger partial charge in [-0.05, 0) is 71.7 Å². The van der Waals surface area contributed by atoms with E-state index < -0.39 is 17.8 Å². The minimum absolute atomic E-state index is 0.236. The minimum Gasteiger partial charge on any atom is -0.490 e. The Morgan fingerprint density at radius 1 is 0.900 bits per heavy atom. The first-order chi connectivity index (χ1) is 19.3. The van der Waals surface area contributed by atoms with Crippen LogP contribution in [0.2, 0.25) is 10.0 Å². The maximum atomic E-state index is 13.4. The fourth-order valence-electron chi connectivity index (χ4n) is 4.52. The van der Waals surface area contributed by atoms with Crippen LogP contribution in [0.4, 0.5) is 10.5 Å². The number of carbonyl (C=O) groups is 3. The molecule has 1 aliphatic rings. The molecule has 4 amide bonds. The Bertz CT molecular complexity index is 1690. The number of halogens is 2. The number of ether oxygens (including phenoxy) is 2. The predicted octanol–water partition coefficient (Wildman–Crippen LogP) is 7.10. The van der Waals surface area contributed by atoms with Crippen LogP contribution in [0.5, 0.6) is 11.5 Å². The molecule has 5 rings (SSSR count). The highest BCUT2D eigenvalue weighted by Gasteiger charge is 2.37. The fourth-order valence-corrected chi connectivity index (χ4v) is 4.97. The van der Waals surface area contributed by atoms with E-state index in [0.29, 0.717) is 34.3 Å². The van der Waals surface area contributed by atoms with Crippen molar-refractivity contribution in [3.63, 3.8) is 0 Å². The van der Waals surface area contributed by atoms with Gasteiger partial charge in [-0.2, -0.15) is 0 Å². The highest BCUT2D eigenvalue weighted by Crippen LogP contribution is 2.39. The van der Waals surface area contributed by atoms with Gasteiger partial charge in [0.1, 0.15) is 12.2 Å². The molecule has 0 aliphatic carbocycles.